The van der Waals surface area contributed by atoms with Gasteiger partial charge in [0.25, 0.3) is 0 Å². The Morgan fingerprint density at radius 1 is 1.12 bits per heavy atom. The van der Waals surface area contributed by atoms with Crippen molar-refractivity contribution in [3.8, 4) is 0 Å². The number of hydrogen-bond donors (Lipinski definition) is 1. The van der Waals surface area contributed by atoms with Crippen molar-refractivity contribution in [1.82, 2.24) is 0 Å². The molecule has 1 heterocycles. The van der Waals surface area contributed by atoms with Crippen molar-refractivity contribution in [2.24, 2.45) is 5.14 Å². The van der Waals surface area contributed by atoms with Crippen LogP contribution in [0.25, 0.3) is 0 Å². The van der Waals surface area contributed by atoms with Crippen LogP contribution in [0.15, 0.2) is 51.8 Å². The molecule has 1 amide bonds. The molecule has 138 valence electrons. The van der Waals surface area contributed by atoms with Gasteiger partial charge in [-0.3, -0.25) is 4.79 Å². The number of nitrogens with two attached hydrogens (primary N) is 1. The molecule has 2 N–H and O–H groups in total. The second kappa shape index (κ2) is 7.90. The molecule has 0 fully saturated rings. The van der Waals surface area contributed by atoms with E-state index in [9.17, 15) is 13.2 Å². The summed E-state index contributed by atoms with van der Waals surface area (Å²) in [7, 11) is -3.77. The number of rotatable bonds is 6. The molecule has 0 saturated carbocycles. The van der Waals surface area contributed by atoms with Gasteiger partial charge in [0.05, 0.1) is 4.90 Å². The van der Waals surface area contributed by atoms with E-state index in [0.29, 0.717) is 18.7 Å². The fourth-order valence-corrected chi connectivity index (χ4v) is 3.98. The maximum atomic E-state index is 12.6. The van der Waals surface area contributed by atoms with Crippen LogP contribution in [0.3, 0.4) is 0 Å². The van der Waals surface area contributed by atoms with Crippen molar-refractivity contribution in [2.75, 3.05) is 11.4 Å². The lowest BCUT2D eigenvalue weighted by molar-refractivity contribution is -0.118. The number of unbranched alkanes of at least 4 members (excludes halogenated alkanes) is 1. The number of primary sulfonamides is 1. The second-order valence-electron chi connectivity index (χ2n) is 6.46. The maximum absolute atomic E-state index is 12.6. The van der Waals surface area contributed by atoms with E-state index in [1.54, 1.807) is 11.0 Å². The second-order valence-corrected chi connectivity index (χ2v) is 8.94. The number of halogens is 1. The zero-order valence-electron chi connectivity index (χ0n) is 14.3. The van der Waals surface area contributed by atoms with E-state index < -0.39 is 10.0 Å². The minimum Gasteiger partial charge on any atom is -0.312 e. The van der Waals surface area contributed by atoms with Crippen LogP contribution in [0.4, 0.5) is 5.69 Å². The van der Waals surface area contributed by atoms with E-state index in [4.69, 9.17) is 5.14 Å². The predicted octanol–water partition coefficient (Wildman–Crippen LogP) is 3.40. The molecule has 2 aromatic rings. The smallest absolute Gasteiger partial charge is 0.238 e. The lowest BCUT2D eigenvalue weighted by Crippen LogP contribution is -2.28. The molecule has 0 unspecified atom stereocenters. The molecule has 0 radical (unpaired) electrons. The van der Waals surface area contributed by atoms with Crippen molar-refractivity contribution >= 4 is 37.5 Å². The molecular formula is C19H21BrN2O3S. The number of fused-ring (bicyclic) bond motifs is 1. The van der Waals surface area contributed by atoms with Crippen LogP contribution in [0.1, 0.15) is 30.4 Å². The van der Waals surface area contributed by atoms with E-state index in [0.717, 1.165) is 35.7 Å². The first-order valence-corrected chi connectivity index (χ1v) is 10.9. The lowest BCUT2D eigenvalue weighted by atomic mass is 10.1. The van der Waals surface area contributed by atoms with Crippen molar-refractivity contribution in [3.05, 3.63) is 58.1 Å². The van der Waals surface area contributed by atoms with Crippen LogP contribution in [0.5, 0.6) is 0 Å². The third kappa shape index (κ3) is 4.52. The number of hydrogen-bond acceptors (Lipinski definition) is 3. The summed E-state index contributed by atoms with van der Waals surface area (Å²) in [5, 5.41) is 5.20. The fraction of sp³-hybridized carbons (Fsp3) is 0.316. The van der Waals surface area contributed by atoms with Gasteiger partial charge in [0.2, 0.25) is 15.9 Å². The normalized spacial score (nSPS) is 13.7. The molecule has 0 atom stereocenters. The van der Waals surface area contributed by atoms with Gasteiger partial charge in [-0.25, -0.2) is 13.6 Å². The number of benzene rings is 2. The highest BCUT2D eigenvalue weighted by Crippen LogP contribution is 2.31. The van der Waals surface area contributed by atoms with Gasteiger partial charge in [-0.2, -0.15) is 0 Å². The van der Waals surface area contributed by atoms with Gasteiger partial charge in [0.15, 0.2) is 0 Å². The Kier molecular flexibility index (Phi) is 5.79. The van der Waals surface area contributed by atoms with Crippen molar-refractivity contribution < 1.29 is 13.2 Å². The van der Waals surface area contributed by atoms with Gasteiger partial charge in [-0.1, -0.05) is 34.1 Å². The zero-order valence-corrected chi connectivity index (χ0v) is 16.7. The SMILES string of the molecule is NS(=O)(=O)c1ccc2c(c1)N(C(=O)CCCCc1ccc(Br)cc1)CC2. The average Bonchev–Trinajstić information content (AvgIpc) is 3.02. The maximum Gasteiger partial charge on any atom is 0.238 e. The minimum absolute atomic E-state index is 0.0334. The van der Waals surface area contributed by atoms with Crippen LogP contribution in [-0.4, -0.2) is 20.9 Å². The summed E-state index contributed by atoms with van der Waals surface area (Å²) in [4.78, 5) is 14.3. The van der Waals surface area contributed by atoms with Gasteiger partial charge in [-0.15, -0.1) is 0 Å². The monoisotopic (exact) mass is 436 g/mol. The largest absolute Gasteiger partial charge is 0.312 e. The van der Waals surface area contributed by atoms with E-state index in [-0.39, 0.29) is 10.8 Å². The molecule has 0 spiro atoms. The van der Waals surface area contributed by atoms with Crippen molar-refractivity contribution in [1.29, 1.82) is 0 Å². The van der Waals surface area contributed by atoms with Crippen LogP contribution >= 0.6 is 15.9 Å². The molecule has 3 rings (SSSR count). The highest BCUT2D eigenvalue weighted by molar-refractivity contribution is 9.10. The fourth-order valence-electron chi connectivity index (χ4n) is 3.19. The number of carbonyl (C=O) groups excluding carboxylic acids is 1. The molecule has 26 heavy (non-hydrogen) atoms. The van der Waals surface area contributed by atoms with Crippen LogP contribution < -0.4 is 10.0 Å². The Balaban J connectivity index is 1.57. The molecule has 1 aliphatic rings. The quantitative estimate of drug-likeness (QED) is 0.704. The number of carbonyl (C=O) groups is 1. The summed E-state index contributed by atoms with van der Waals surface area (Å²) < 4.78 is 24.2. The number of nitrogens with zero attached hydrogens (tertiary/aromatic N) is 1. The Hall–Kier alpha value is -1.70. The first-order valence-electron chi connectivity index (χ1n) is 8.55. The van der Waals surface area contributed by atoms with Gasteiger partial charge in [0.1, 0.15) is 0 Å². The van der Waals surface area contributed by atoms with Gasteiger partial charge in [-0.05, 0) is 61.1 Å². The molecule has 0 saturated heterocycles. The molecule has 0 aliphatic carbocycles. The summed E-state index contributed by atoms with van der Waals surface area (Å²) >= 11 is 3.42. The van der Waals surface area contributed by atoms with Gasteiger partial charge in [0, 0.05) is 23.1 Å². The molecule has 5 nitrogen and oxygen atoms in total. The third-order valence-electron chi connectivity index (χ3n) is 4.60. The van der Waals surface area contributed by atoms with Gasteiger partial charge >= 0.3 is 0 Å². The molecule has 7 heteroatoms. The Labute approximate surface area is 162 Å². The summed E-state index contributed by atoms with van der Waals surface area (Å²) in [6.07, 6.45) is 3.87. The van der Waals surface area contributed by atoms with Crippen molar-refractivity contribution in [3.63, 3.8) is 0 Å². The number of anilines is 1. The molecule has 0 aromatic heterocycles. The number of aryl methyl sites for hydroxylation is 1. The summed E-state index contributed by atoms with van der Waals surface area (Å²) in [5.74, 6) is 0.0334. The minimum atomic E-state index is -3.77. The van der Waals surface area contributed by atoms with Crippen LogP contribution in [0, 0.1) is 0 Å². The Morgan fingerprint density at radius 2 is 1.85 bits per heavy atom. The van der Waals surface area contributed by atoms with E-state index in [1.807, 2.05) is 12.1 Å². The van der Waals surface area contributed by atoms with Crippen molar-refractivity contribution in [2.45, 2.75) is 37.0 Å². The molecular weight excluding hydrogens is 416 g/mol. The summed E-state index contributed by atoms with van der Waals surface area (Å²) in [6.45, 7) is 0.592. The highest BCUT2D eigenvalue weighted by Gasteiger charge is 2.25. The van der Waals surface area contributed by atoms with E-state index in [2.05, 4.69) is 28.1 Å². The average molecular weight is 437 g/mol. The Bertz CT molecular complexity index is 911. The lowest BCUT2D eigenvalue weighted by Gasteiger charge is -2.18. The van der Waals surface area contributed by atoms with E-state index >= 15 is 0 Å². The highest BCUT2D eigenvalue weighted by atomic mass is 79.9. The standard InChI is InChI=1S/C19H21BrN2O3S/c20-16-8-5-14(6-9-16)3-1-2-4-19(23)22-12-11-15-7-10-17(13-18(15)22)26(21,24)25/h5-10,13H,1-4,11-12H2,(H2,21,24,25). The number of amides is 1. The molecule has 0 bridgehead atoms. The number of sulfonamides is 1. The van der Waals surface area contributed by atoms with E-state index in [1.165, 1.54) is 17.7 Å². The predicted molar refractivity (Wildman–Crippen MR) is 106 cm³/mol. The third-order valence-corrected chi connectivity index (χ3v) is 6.04. The molecule has 2 aromatic carbocycles. The Morgan fingerprint density at radius 3 is 2.54 bits per heavy atom. The first kappa shape index (κ1) is 19.1. The van der Waals surface area contributed by atoms with Gasteiger partial charge < -0.3 is 4.90 Å². The van der Waals surface area contributed by atoms with Crippen LogP contribution in [0.2, 0.25) is 0 Å². The topological polar surface area (TPSA) is 80.5 Å². The zero-order chi connectivity index (χ0) is 18.7. The molecule has 1 aliphatic heterocycles. The van der Waals surface area contributed by atoms with Crippen LogP contribution in [-0.2, 0) is 27.7 Å². The summed E-state index contributed by atoms with van der Waals surface area (Å²) in [6, 6.07) is 13.0. The summed E-state index contributed by atoms with van der Waals surface area (Å²) in [5.41, 5.74) is 2.92. The first-order chi connectivity index (χ1) is 12.3.